The molecule has 0 spiro atoms. The molecule has 3 aromatic rings. The van der Waals surface area contributed by atoms with Gasteiger partial charge in [-0.25, -0.2) is 0 Å². The smallest absolute Gasteiger partial charge is 0.261 e. The molecule has 0 N–H and O–H groups in total. The van der Waals surface area contributed by atoms with Crippen LogP contribution in [0, 0.1) is 0 Å². The number of rotatable bonds is 5. The van der Waals surface area contributed by atoms with Crippen molar-refractivity contribution in [1.29, 1.82) is 0 Å². The summed E-state index contributed by atoms with van der Waals surface area (Å²) < 4.78 is 5.39. The Morgan fingerprint density at radius 3 is 2.61 bits per heavy atom. The minimum absolute atomic E-state index is 0.248. The standard InChI is InChI=1S/C21H17N3O4/c1-23-20(26)17-7-6-15(10-18(17)21(23)27)19(25)24(13-16-5-3-9-28-16)12-14-4-2-8-22-11-14/h2-11H,12-13H2,1H3. The van der Waals surface area contributed by atoms with Crippen LogP contribution in [0.5, 0.6) is 0 Å². The molecule has 0 unspecified atom stereocenters. The van der Waals surface area contributed by atoms with Crippen LogP contribution in [0.2, 0.25) is 0 Å². The molecule has 140 valence electrons. The average Bonchev–Trinajstić information content (AvgIpc) is 3.31. The van der Waals surface area contributed by atoms with Crippen LogP contribution in [0.25, 0.3) is 0 Å². The average molecular weight is 375 g/mol. The molecule has 0 saturated carbocycles. The Kier molecular flexibility index (Phi) is 4.49. The van der Waals surface area contributed by atoms with Crippen LogP contribution in [0.3, 0.4) is 0 Å². The highest BCUT2D eigenvalue weighted by Gasteiger charge is 2.33. The molecule has 1 aliphatic heterocycles. The van der Waals surface area contributed by atoms with Crippen molar-refractivity contribution in [2.45, 2.75) is 13.1 Å². The first-order valence-corrected chi connectivity index (χ1v) is 8.71. The second-order valence-electron chi connectivity index (χ2n) is 6.53. The van der Waals surface area contributed by atoms with E-state index in [4.69, 9.17) is 4.42 Å². The van der Waals surface area contributed by atoms with Crippen LogP contribution in [-0.2, 0) is 13.1 Å². The number of pyridine rings is 1. The minimum atomic E-state index is -0.403. The zero-order valence-corrected chi connectivity index (χ0v) is 15.2. The first-order valence-electron chi connectivity index (χ1n) is 8.71. The van der Waals surface area contributed by atoms with Gasteiger partial charge in [0.25, 0.3) is 17.7 Å². The Morgan fingerprint density at radius 1 is 1.07 bits per heavy atom. The first-order chi connectivity index (χ1) is 13.5. The number of hydrogen-bond acceptors (Lipinski definition) is 5. The van der Waals surface area contributed by atoms with Crippen molar-refractivity contribution in [2.75, 3.05) is 7.05 Å². The number of carbonyl (C=O) groups is 3. The summed E-state index contributed by atoms with van der Waals surface area (Å²) in [4.78, 5) is 44.3. The molecule has 7 heteroatoms. The van der Waals surface area contributed by atoms with Gasteiger partial charge in [0.05, 0.1) is 23.9 Å². The van der Waals surface area contributed by atoms with Gasteiger partial charge in [0.1, 0.15) is 5.76 Å². The van der Waals surface area contributed by atoms with E-state index in [1.54, 1.807) is 47.8 Å². The summed E-state index contributed by atoms with van der Waals surface area (Å²) >= 11 is 0. The Morgan fingerprint density at radius 2 is 1.89 bits per heavy atom. The van der Waals surface area contributed by atoms with Gasteiger partial charge in [0.15, 0.2) is 0 Å². The first kappa shape index (κ1) is 17.7. The third-order valence-electron chi connectivity index (χ3n) is 4.65. The fraction of sp³-hybridized carbons (Fsp3) is 0.143. The van der Waals surface area contributed by atoms with E-state index in [1.807, 2.05) is 6.07 Å². The van der Waals surface area contributed by atoms with E-state index in [0.29, 0.717) is 23.4 Å². The lowest BCUT2D eigenvalue weighted by atomic mass is 10.0. The molecule has 28 heavy (non-hydrogen) atoms. The highest BCUT2D eigenvalue weighted by atomic mass is 16.3. The largest absolute Gasteiger partial charge is 0.467 e. The van der Waals surface area contributed by atoms with Crippen LogP contribution >= 0.6 is 0 Å². The fourth-order valence-electron chi connectivity index (χ4n) is 3.18. The van der Waals surface area contributed by atoms with Crippen molar-refractivity contribution >= 4 is 17.7 Å². The van der Waals surface area contributed by atoms with Crippen molar-refractivity contribution in [2.24, 2.45) is 0 Å². The third kappa shape index (κ3) is 3.18. The molecule has 1 aromatic carbocycles. The molecule has 0 aliphatic carbocycles. The number of furan rings is 1. The Bertz CT molecular complexity index is 1040. The van der Waals surface area contributed by atoms with E-state index in [-0.39, 0.29) is 23.9 Å². The Hall–Kier alpha value is -3.74. The van der Waals surface area contributed by atoms with Crippen molar-refractivity contribution in [3.05, 3.63) is 89.1 Å². The van der Waals surface area contributed by atoms with E-state index in [9.17, 15) is 14.4 Å². The summed E-state index contributed by atoms with van der Waals surface area (Å²) in [5.74, 6) is -0.386. The monoisotopic (exact) mass is 375 g/mol. The van der Waals surface area contributed by atoms with Gasteiger partial charge in [0.2, 0.25) is 0 Å². The molecule has 0 fully saturated rings. The quantitative estimate of drug-likeness (QED) is 0.640. The van der Waals surface area contributed by atoms with Crippen LogP contribution in [0.15, 0.2) is 65.5 Å². The number of carbonyl (C=O) groups excluding carboxylic acids is 3. The number of amides is 3. The number of aromatic nitrogens is 1. The lowest BCUT2D eigenvalue weighted by Gasteiger charge is -2.22. The van der Waals surface area contributed by atoms with E-state index in [1.165, 1.54) is 19.2 Å². The van der Waals surface area contributed by atoms with Gasteiger partial charge in [-0.05, 0) is 42.0 Å². The van der Waals surface area contributed by atoms with E-state index in [2.05, 4.69) is 4.98 Å². The van der Waals surface area contributed by atoms with Crippen LogP contribution in [-0.4, -0.2) is 39.6 Å². The Balaban J connectivity index is 1.65. The summed E-state index contributed by atoms with van der Waals surface area (Å²) in [6.45, 7) is 0.599. The molecule has 4 rings (SSSR count). The van der Waals surface area contributed by atoms with Gasteiger partial charge in [-0.2, -0.15) is 0 Å². The molecule has 0 radical (unpaired) electrons. The molecule has 0 bridgehead atoms. The van der Waals surface area contributed by atoms with Crippen molar-refractivity contribution in [3.8, 4) is 0 Å². The molecule has 2 aromatic heterocycles. The molecule has 0 atom stereocenters. The molecule has 7 nitrogen and oxygen atoms in total. The summed E-state index contributed by atoms with van der Waals surface area (Å²) in [5.41, 5.74) is 1.77. The maximum absolute atomic E-state index is 13.2. The lowest BCUT2D eigenvalue weighted by molar-refractivity contribution is 0.0691. The highest BCUT2D eigenvalue weighted by Crippen LogP contribution is 2.24. The van der Waals surface area contributed by atoms with Crippen LogP contribution in [0.1, 0.15) is 42.4 Å². The lowest BCUT2D eigenvalue weighted by Crippen LogP contribution is -2.30. The molecule has 3 heterocycles. The van der Waals surface area contributed by atoms with Gasteiger partial charge in [0, 0.05) is 31.5 Å². The maximum Gasteiger partial charge on any atom is 0.261 e. The molecule has 0 saturated heterocycles. The van der Waals surface area contributed by atoms with E-state index < -0.39 is 5.91 Å². The fourth-order valence-corrected chi connectivity index (χ4v) is 3.18. The number of imide groups is 1. The predicted molar refractivity (Wildman–Crippen MR) is 99.4 cm³/mol. The minimum Gasteiger partial charge on any atom is -0.467 e. The predicted octanol–water partition coefficient (Wildman–Crippen LogP) is 2.74. The zero-order chi connectivity index (χ0) is 19.7. The number of benzene rings is 1. The molecule has 3 amide bonds. The molecular formula is C21H17N3O4. The van der Waals surface area contributed by atoms with Gasteiger partial charge >= 0.3 is 0 Å². The van der Waals surface area contributed by atoms with Crippen LogP contribution < -0.4 is 0 Å². The molecule has 1 aliphatic rings. The second-order valence-corrected chi connectivity index (χ2v) is 6.53. The summed E-state index contributed by atoms with van der Waals surface area (Å²) in [6, 6.07) is 11.8. The van der Waals surface area contributed by atoms with Gasteiger partial charge < -0.3 is 9.32 Å². The zero-order valence-electron chi connectivity index (χ0n) is 15.2. The van der Waals surface area contributed by atoms with Gasteiger partial charge in [-0.1, -0.05) is 6.07 Å². The van der Waals surface area contributed by atoms with Gasteiger partial charge in [-0.3, -0.25) is 24.3 Å². The number of nitrogens with zero attached hydrogens (tertiary/aromatic N) is 3. The maximum atomic E-state index is 13.2. The topological polar surface area (TPSA) is 83.7 Å². The highest BCUT2D eigenvalue weighted by molar-refractivity contribution is 6.21. The number of fused-ring (bicyclic) bond motifs is 1. The Labute approximate surface area is 161 Å². The van der Waals surface area contributed by atoms with Crippen molar-refractivity contribution in [3.63, 3.8) is 0 Å². The van der Waals surface area contributed by atoms with Crippen molar-refractivity contribution in [1.82, 2.24) is 14.8 Å². The van der Waals surface area contributed by atoms with E-state index >= 15 is 0 Å². The summed E-state index contributed by atoms with van der Waals surface area (Å²) in [7, 11) is 1.43. The summed E-state index contributed by atoms with van der Waals surface area (Å²) in [5, 5.41) is 0. The normalized spacial score (nSPS) is 13.0. The number of hydrogen-bond donors (Lipinski definition) is 0. The third-order valence-corrected chi connectivity index (χ3v) is 4.65. The molecular weight excluding hydrogens is 358 g/mol. The van der Waals surface area contributed by atoms with E-state index in [0.717, 1.165) is 10.5 Å². The summed E-state index contributed by atoms with van der Waals surface area (Å²) in [6.07, 6.45) is 4.92. The van der Waals surface area contributed by atoms with Crippen molar-refractivity contribution < 1.29 is 18.8 Å². The SMILES string of the molecule is CN1C(=O)c2ccc(C(=O)N(Cc3cccnc3)Cc3ccco3)cc2C1=O. The van der Waals surface area contributed by atoms with Gasteiger partial charge in [-0.15, -0.1) is 0 Å². The van der Waals surface area contributed by atoms with Crippen LogP contribution in [0.4, 0.5) is 0 Å². The second kappa shape index (κ2) is 7.11.